The normalized spacial score (nSPS) is 10.0. The van der Waals surface area contributed by atoms with E-state index in [4.69, 9.17) is 14.0 Å². The van der Waals surface area contributed by atoms with Crippen LogP contribution < -0.4 is 9.64 Å². The average Bonchev–Trinajstić information content (AvgIpc) is 3.01. The van der Waals surface area contributed by atoms with Gasteiger partial charge in [-0.1, -0.05) is 12.1 Å². The Morgan fingerprint density at radius 3 is 2.57 bits per heavy atom. The molecule has 0 aliphatic heterocycles. The van der Waals surface area contributed by atoms with Gasteiger partial charge in [0, 0.05) is 7.05 Å². The Morgan fingerprint density at radius 1 is 1.24 bits per heavy atom. The zero-order valence-electron chi connectivity index (χ0n) is 11.8. The van der Waals surface area contributed by atoms with Gasteiger partial charge in [-0.15, -0.1) is 0 Å². The summed E-state index contributed by atoms with van der Waals surface area (Å²) < 4.78 is 14.5. The fraction of sp³-hybridized carbons (Fsp3) is 0.214. The lowest BCUT2D eigenvalue weighted by molar-refractivity contribution is 0.0601. The summed E-state index contributed by atoms with van der Waals surface area (Å²) in [6.45, 7) is 0. The first-order chi connectivity index (χ1) is 10.1. The first-order valence-corrected chi connectivity index (χ1v) is 6.04. The molecular formula is C14H14N2O5. The average molecular weight is 290 g/mol. The third-order valence-corrected chi connectivity index (χ3v) is 2.88. The highest BCUT2D eigenvalue weighted by Gasteiger charge is 2.23. The highest BCUT2D eigenvalue weighted by atomic mass is 16.5. The fourth-order valence-electron chi connectivity index (χ4n) is 1.78. The van der Waals surface area contributed by atoms with Crippen LogP contribution in [0.1, 0.15) is 20.9 Å². The monoisotopic (exact) mass is 290 g/mol. The van der Waals surface area contributed by atoms with Crippen LogP contribution in [0.3, 0.4) is 0 Å². The SMILES string of the molecule is COC(=O)c1ccccc1N(C)C(=O)c1cc(OC)no1. The zero-order chi connectivity index (χ0) is 15.4. The van der Waals surface area contributed by atoms with Crippen molar-refractivity contribution in [3.63, 3.8) is 0 Å². The van der Waals surface area contributed by atoms with E-state index in [1.165, 1.54) is 32.2 Å². The number of amides is 1. The van der Waals surface area contributed by atoms with Crippen molar-refractivity contribution in [1.82, 2.24) is 5.16 Å². The molecule has 0 atom stereocenters. The van der Waals surface area contributed by atoms with Crippen LogP contribution in [-0.4, -0.2) is 38.3 Å². The lowest BCUT2D eigenvalue weighted by Crippen LogP contribution is -2.27. The van der Waals surface area contributed by atoms with E-state index in [9.17, 15) is 9.59 Å². The van der Waals surface area contributed by atoms with Crippen LogP contribution >= 0.6 is 0 Å². The predicted octanol–water partition coefficient (Wildman–Crippen LogP) is 1.75. The molecule has 7 heteroatoms. The number of benzene rings is 1. The molecule has 110 valence electrons. The minimum atomic E-state index is -0.527. The lowest BCUT2D eigenvalue weighted by Gasteiger charge is -2.18. The van der Waals surface area contributed by atoms with Crippen LogP contribution in [0.5, 0.6) is 5.88 Å². The van der Waals surface area contributed by atoms with Crippen LogP contribution in [0, 0.1) is 0 Å². The molecule has 1 aromatic carbocycles. The van der Waals surface area contributed by atoms with Gasteiger partial charge in [0.1, 0.15) is 0 Å². The second-order valence-corrected chi connectivity index (χ2v) is 4.11. The molecule has 1 amide bonds. The molecule has 0 bridgehead atoms. The number of esters is 1. The molecule has 0 N–H and O–H groups in total. The molecule has 0 unspecified atom stereocenters. The van der Waals surface area contributed by atoms with Crippen molar-refractivity contribution in [3.8, 4) is 5.88 Å². The van der Waals surface area contributed by atoms with Crippen molar-refractivity contribution in [2.45, 2.75) is 0 Å². The van der Waals surface area contributed by atoms with Crippen LogP contribution in [0.4, 0.5) is 5.69 Å². The van der Waals surface area contributed by atoms with E-state index >= 15 is 0 Å². The first-order valence-electron chi connectivity index (χ1n) is 6.04. The minimum Gasteiger partial charge on any atom is -0.479 e. The summed E-state index contributed by atoms with van der Waals surface area (Å²) in [5, 5.41) is 3.57. The van der Waals surface area contributed by atoms with E-state index in [1.807, 2.05) is 0 Å². The number of nitrogens with zero attached hydrogens (tertiary/aromatic N) is 2. The van der Waals surface area contributed by atoms with Gasteiger partial charge < -0.3 is 18.9 Å². The van der Waals surface area contributed by atoms with Crippen LogP contribution in [0.2, 0.25) is 0 Å². The Labute approximate surface area is 121 Å². The Balaban J connectivity index is 2.33. The summed E-state index contributed by atoms with van der Waals surface area (Å²) >= 11 is 0. The van der Waals surface area contributed by atoms with E-state index < -0.39 is 11.9 Å². The Hall–Kier alpha value is -2.83. The molecule has 2 rings (SSSR count). The third kappa shape index (κ3) is 2.86. The Kier molecular flexibility index (Phi) is 4.22. The third-order valence-electron chi connectivity index (χ3n) is 2.88. The highest BCUT2D eigenvalue weighted by molar-refractivity contribution is 6.08. The number of rotatable bonds is 4. The number of anilines is 1. The molecule has 0 aliphatic carbocycles. The summed E-state index contributed by atoms with van der Waals surface area (Å²) in [5.41, 5.74) is 0.687. The Bertz CT molecular complexity index is 665. The van der Waals surface area contributed by atoms with Gasteiger partial charge in [-0.25, -0.2) is 4.79 Å². The summed E-state index contributed by atoms with van der Waals surface area (Å²) in [6, 6.07) is 7.99. The summed E-state index contributed by atoms with van der Waals surface area (Å²) in [6.07, 6.45) is 0. The maximum atomic E-state index is 12.3. The molecule has 0 spiro atoms. The molecule has 0 fully saturated rings. The predicted molar refractivity (Wildman–Crippen MR) is 73.6 cm³/mol. The van der Waals surface area contributed by atoms with Crippen molar-refractivity contribution in [3.05, 3.63) is 41.7 Å². The number of methoxy groups -OCH3 is 2. The van der Waals surface area contributed by atoms with Gasteiger partial charge in [0.05, 0.1) is 31.5 Å². The molecule has 0 saturated carbocycles. The molecule has 0 aliphatic rings. The second-order valence-electron chi connectivity index (χ2n) is 4.11. The zero-order valence-corrected chi connectivity index (χ0v) is 11.8. The van der Waals surface area contributed by atoms with Crippen molar-refractivity contribution < 1.29 is 23.6 Å². The van der Waals surface area contributed by atoms with E-state index in [0.717, 1.165) is 0 Å². The fourth-order valence-corrected chi connectivity index (χ4v) is 1.78. The number of carbonyl (C=O) groups excluding carboxylic acids is 2. The first kappa shape index (κ1) is 14.6. The molecular weight excluding hydrogens is 276 g/mol. The van der Waals surface area contributed by atoms with Crippen LogP contribution in [0.25, 0.3) is 0 Å². The van der Waals surface area contributed by atoms with Gasteiger partial charge in [-0.3, -0.25) is 4.79 Å². The second kappa shape index (κ2) is 6.08. The molecule has 0 saturated heterocycles. The van der Waals surface area contributed by atoms with Gasteiger partial charge in [0.2, 0.25) is 5.76 Å². The minimum absolute atomic E-state index is 0.00835. The quantitative estimate of drug-likeness (QED) is 0.798. The lowest BCUT2D eigenvalue weighted by atomic mass is 10.1. The van der Waals surface area contributed by atoms with Crippen molar-refractivity contribution in [2.24, 2.45) is 0 Å². The van der Waals surface area contributed by atoms with Gasteiger partial charge in [-0.05, 0) is 17.3 Å². The number of hydrogen-bond acceptors (Lipinski definition) is 6. The molecule has 0 radical (unpaired) electrons. The van der Waals surface area contributed by atoms with Crippen molar-refractivity contribution >= 4 is 17.6 Å². The summed E-state index contributed by atoms with van der Waals surface area (Å²) in [4.78, 5) is 25.3. The summed E-state index contributed by atoms with van der Waals surface area (Å²) in [5.74, 6) is -0.774. The van der Waals surface area contributed by atoms with Crippen molar-refractivity contribution in [1.29, 1.82) is 0 Å². The largest absolute Gasteiger partial charge is 0.479 e. The maximum absolute atomic E-state index is 12.3. The summed E-state index contributed by atoms with van der Waals surface area (Å²) in [7, 11) is 4.23. The van der Waals surface area contributed by atoms with E-state index in [2.05, 4.69) is 5.16 Å². The van der Waals surface area contributed by atoms with E-state index in [-0.39, 0.29) is 17.2 Å². The Morgan fingerprint density at radius 2 is 1.95 bits per heavy atom. The van der Waals surface area contributed by atoms with Gasteiger partial charge in [-0.2, -0.15) is 0 Å². The molecule has 7 nitrogen and oxygen atoms in total. The molecule has 2 aromatic rings. The molecule has 21 heavy (non-hydrogen) atoms. The van der Waals surface area contributed by atoms with E-state index in [1.54, 1.807) is 24.3 Å². The number of hydrogen-bond donors (Lipinski definition) is 0. The standard InChI is InChI=1S/C14H14N2O5/c1-16(13(17)11-8-12(19-2)15-21-11)10-7-5-4-6-9(10)14(18)20-3/h4-8H,1-3H3. The molecule has 1 aromatic heterocycles. The van der Waals surface area contributed by atoms with Gasteiger partial charge in [0.25, 0.3) is 11.8 Å². The topological polar surface area (TPSA) is 81.9 Å². The number of ether oxygens (including phenoxy) is 2. The van der Waals surface area contributed by atoms with Gasteiger partial charge in [0.15, 0.2) is 0 Å². The van der Waals surface area contributed by atoms with Crippen LogP contribution in [0.15, 0.2) is 34.9 Å². The smallest absolute Gasteiger partial charge is 0.339 e. The molecule has 1 heterocycles. The van der Waals surface area contributed by atoms with Gasteiger partial charge >= 0.3 is 5.97 Å². The number of carbonyl (C=O) groups is 2. The number of aromatic nitrogens is 1. The highest BCUT2D eigenvalue weighted by Crippen LogP contribution is 2.22. The van der Waals surface area contributed by atoms with Crippen molar-refractivity contribution in [2.75, 3.05) is 26.2 Å². The maximum Gasteiger partial charge on any atom is 0.339 e. The van der Waals surface area contributed by atoms with Crippen LogP contribution in [-0.2, 0) is 4.74 Å². The van der Waals surface area contributed by atoms with E-state index in [0.29, 0.717) is 5.69 Å². The number of para-hydroxylation sites is 1.